The van der Waals surface area contributed by atoms with E-state index in [1.807, 2.05) is 0 Å². The Morgan fingerprint density at radius 2 is 1.91 bits per heavy atom. The van der Waals surface area contributed by atoms with Crippen LogP contribution in [0.25, 0.3) is 0 Å². The van der Waals surface area contributed by atoms with Crippen molar-refractivity contribution in [3.8, 4) is 5.75 Å². The van der Waals surface area contributed by atoms with Crippen molar-refractivity contribution in [3.63, 3.8) is 0 Å². The molecule has 0 fully saturated rings. The van der Waals surface area contributed by atoms with Crippen molar-refractivity contribution < 1.29 is 9.53 Å². The van der Waals surface area contributed by atoms with Crippen molar-refractivity contribution in [2.24, 2.45) is 5.10 Å². The molecular formula is C15H19Cl3N2O2. The number of hydrazone groups is 1. The fourth-order valence-electron chi connectivity index (χ4n) is 1.64. The molecular weight excluding hydrogens is 347 g/mol. The molecule has 22 heavy (non-hydrogen) atoms. The first-order valence-corrected chi connectivity index (χ1v) is 8.25. The monoisotopic (exact) mass is 364 g/mol. The van der Waals surface area contributed by atoms with Crippen LogP contribution in [0.3, 0.4) is 0 Å². The minimum absolute atomic E-state index is 0.204. The lowest BCUT2D eigenvalue weighted by Crippen LogP contribution is -2.24. The second-order valence-electron chi connectivity index (χ2n) is 4.68. The van der Waals surface area contributed by atoms with Crippen molar-refractivity contribution in [2.75, 3.05) is 6.61 Å². The Bertz CT molecular complexity index is 522. The molecule has 0 saturated heterocycles. The van der Waals surface area contributed by atoms with Gasteiger partial charge in [0.05, 0.1) is 15.1 Å². The van der Waals surface area contributed by atoms with Gasteiger partial charge in [0.15, 0.2) is 6.61 Å². The Balaban J connectivity index is 2.29. The number of nitrogens with one attached hydrogen (secondary N) is 1. The fraction of sp³-hybridized carbons (Fsp3) is 0.467. The predicted octanol–water partition coefficient (Wildman–Crippen LogP) is 5.10. The first kappa shape index (κ1) is 19.1. The van der Waals surface area contributed by atoms with Gasteiger partial charge in [0.25, 0.3) is 5.91 Å². The molecule has 1 aromatic rings. The minimum atomic E-state index is -0.369. The fourth-order valence-corrected chi connectivity index (χ4v) is 2.23. The summed E-state index contributed by atoms with van der Waals surface area (Å²) in [5.74, 6) is -0.0679. The first-order valence-electron chi connectivity index (χ1n) is 7.12. The Morgan fingerprint density at radius 3 is 2.64 bits per heavy atom. The molecule has 0 aromatic heterocycles. The normalized spacial score (nSPS) is 10.9. The number of carbonyl (C=O) groups is 1. The number of nitrogens with zero attached hydrogens (tertiary/aromatic N) is 1. The van der Waals surface area contributed by atoms with E-state index in [1.165, 1.54) is 31.4 Å². The molecule has 0 saturated carbocycles. The highest BCUT2D eigenvalue weighted by molar-refractivity contribution is 6.43. The van der Waals surface area contributed by atoms with E-state index in [0.29, 0.717) is 20.8 Å². The van der Waals surface area contributed by atoms with Gasteiger partial charge >= 0.3 is 0 Å². The standard InChI is InChI=1S/C15H19Cl3N2O2/c1-2-3-4-5-6-7-19-20-15(21)10-22-14-9-12(17)11(16)8-13(14)18/h7-9H,2-6,10H2,1H3,(H,20,21)/b19-7+. The topological polar surface area (TPSA) is 50.7 Å². The van der Waals surface area contributed by atoms with Crippen LogP contribution in [-0.2, 0) is 4.79 Å². The summed E-state index contributed by atoms with van der Waals surface area (Å²) in [6.07, 6.45) is 7.21. The Kier molecular flexibility index (Phi) is 9.28. The van der Waals surface area contributed by atoms with Gasteiger partial charge in [0, 0.05) is 12.3 Å². The Morgan fingerprint density at radius 1 is 1.18 bits per heavy atom. The number of rotatable bonds is 9. The van der Waals surface area contributed by atoms with Crippen LogP contribution in [0.1, 0.15) is 39.0 Å². The summed E-state index contributed by atoms with van der Waals surface area (Å²) in [5.41, 5.74) is 2.39. The van der Waals surface area contributed by atoms with E-state index in [0.717, 1.165) is 12.8 Å². The SMILES string of the molecule is CCCCCC/C=N/NC(=O)COc1cc(Cl)c(Cl)cc1Cl. The molecule has 1 aromatic carbocycles. The van der Waals surface area contributed by atoms with Crippen LogP contribution in [0, 0.1) is 0 Å². The summed E-state index contributed by atoms with van der Waals surface area (Å²) < 4.78 is 5.28. The van der Waals surface area contributed by atoms with Crippen LogP contribution < -0.4 is 10.2 Å². The molecule has 0 spiro atoms. The summed E-state index contributed by atoms with van der Waals surface area (Å²) in [5, 5.41) is 4.79. The van der Waals surface area contributed by atoms with Crippen molar-refractivity contribution in [3.05, 3.63) is 27.2 Å². The van der Waals surface area contributed by atoms with Crippen molar-refractivity contribution in [2.45, 2.75) is 39.0 Å². The molecule has 0 atom stereocenters. The highest BCUT2D eigenvalue weighted by Gasteiger charge is 2.09. The second-order valence-corrected chi connectivity index (χ2v) is 5.90. The van der Waals surface area contributed by atoms with Gasteiger partial charge < -0.3 is 4.74 Å². The van der Waals surface area contributed by atoms with Crippen molar-refractivity contribution in [1.82, 2.24) is 5.43 Å². The Labute approximate surface area is 145 Å². The van der Waals surface area contributed by atoms with Gasteiger partial charge in [-0.05, 0) is 18.9 Å². The zero-order chi connectivity index (χ0) is 16.4. The highest BCUT2D eigenvalue weighted by Crippen LogP contribution is 2.33. The quantitative estimate of drug-likeness (QED) is 0.286. The third kappa shape index (κ3) is 7.34. The molecule has 4 nitrogen and oxygen atoms in total. The highest BCUT2D eigenvalue weighted by atomic mass is 35.5. The zero-order valence-electron chi connectivity index (χ0n) is 12.4. The number of amides is 1. The molecule has 0 bridgehead atoms. The van der Waals surface area contributed by atoms with E-state index >= 15 is 0 Å². The summed E-state index contributed by atoms with van der Waals surface area (Å²) in [6.45, 7) is 1.96. The van der Waals surface area contributed by atoms with E-state index in [1.54, 1.807) is 6.21 Å². The Hall–Kier alpha value is -0.970. The average Bonchev–Trinajstić information content (AvgIpc) is 2.48. The molecule has 1 rings (SSSR count). The summed E-state index contributed by atoms with van der Waals surface area (Å²) in [4.78, 5) is 11.6. The van der Waals surface area contributed by atoms with Crippen LogP contribution in [-0.4, -0.2) is 18.7 Å². The van der Waals surface area contributed by atoms with Gasteiger partial charge in [-0.3, -0.25) is 4.79 Å². The summed E-state index contributed by atoms with van der Waals surface area (Å²) >= 11 is 17.6. The van der Waals surface area contributed by atoms with E-state index in [9.17, 15) is 4.79 Å². The molecule has 0 radical (unpaired) electrons. The summed E-state index contributed by atoms with van der Waals surface area (Å²) in [6, 6.07) is 2.93. The van der Waals surface area contributed by atoms with Crippen LogP contribution in [0.5, 0.6) is 5.75 Å². The largest absolute Gasteiger partial charge is 0.482 e. The molecule has 122 valence electrons. The van der Waals surface area contributed by atoms with Gasteiger partial charge in [-0.2, -0.15) is 5.10 Å². The molecule has 7 heteroatoms. The van der Waals surface area contributed by atoms with Gasteiger partial charge in [0.1, 0.15) is 5.75 Å². The molecule has 1 amide bonds. The number of benzene rings is 1. The average molecular weight is 366 g/mol. The third-order valence-electron chi connectivity index (χ3n) is 2.80. The van der Waals surface area contributed by atoms with E-state index in [4.69, 9.17) is 39.5 Å². The van der Waals surface area contributed by atoms with Gasteiger partial charge in [-0.15, -0.1) is 0 Å². The van der Waals surface area contributed by atoms with Crippen LogP contribution in [0.15, 0.2) is 17.2 Å². The molecule has 0 heterocycles. The zero-order valence-corrected chi connectivity index (χ0v) is 14.6. The maximum absolute atomic E-state index is 11.6. The lowest BCUT2D eigenvalue weighted by Gasteiger charge is -2.08. The van der Waals surface area contributed by atoms with Crippen molar-refractivity contribution in [1.29, 1.82) is 0 Å². The van der Waals surface area contributed by atoms with Gasteiger partial charge in [0.2, 0.25) is 0 Å². The van der Waals surface area contributed by atoms with E-state index in [2.05, 4.69) is 17.5 Å². The molecule has 0 aliphatic carbocycles. The van der Waals surface area contributed by atoms with Gasteiger partial charge in [-0.25, -0.2) is 5.43 Å². The third-order valence-corrected chi connectivity index (χ3v) is 3.82. The van der Waals surface area contributed by atoms with Gasteiger partial charge in [-0.1, -0.05) is 61.0 Å². The maximum atomic E-state index is 11.6. The van der Waals surface area contributed by atoms with E-state index in [-0.39, 0.29) is 12.5 Å². The van der Waals surface area contributed by atoms with E-state index < -0.39 is 0 Å². The number of hydrogen-bond donors (Lipinski definition) is 1. The number of hydrogen-bond acceptors (Lipinski definition) is 3. The second kappa shape index (κ2) is 10.7. The molecule has 1 N–H and O–H groups in total. The first-order chi connectivity index (χ1) is 10.5. The number of unbranched alkanes of at least 4 members (excludes halogenated alkanes) is 4. The molecule has 0 unspecified atom stereocenters. The number of ether oxygens (including phenoxy) is 1. The maximum Gasteiger partial charge on any atom is 0.277 e. The lowest BCUT2D eigenvalue weighted by atomic mass is 10.2. The van der Waals surface area contributed by atoms with Crippen molar-refractivity contribution >= 4 is 46.9 Å². The predicted molar refractivity (Wildman–Crippen MR) is 92.4 cm³/mol. The van der Waals surface area contributed by atoms with Crippen LogP contribution in [0.4, 0.5) is 0 Å². The lowest BCUT2D eigenvalue weighted by molar-refractivity contribution is -0.123. The van der Waals surface area contributed by atoms with Crippen LogP contribution >= 0.6 is 34.8 Å². The molecule has 0 aliphatic rings. The minimum Gasteiger partial charge on any atom is -0.482 e. The molecule has 0 aliphatic heterocycles. The number of carbonyl (C=O) groups excluding carboxylic acids is 1. The number of halogens is 3. The summed E-state index contributed by atoms with van der Waals surface area (Å²) in [7, 11) is 0. The smallest absolute Gasteiger partial charge is 0.277 e. The van der Waals surface area contributed by atoms with Crippen LogP contribution in [0.2, 0.25) is 15.1 Å².